The molecule has 3 rings (SSSR count). The SMILES string of the molecule is CN(C)c1c(O)c2c(-c3ccccc3)csc2[nH]c1=O. The Hall–Kier alpha value is -2.27. The predicted octanol–water partition coefficient (Wildman–Crippen LogP) is 3.03. The molecule has 0 saturated heterocycles. The second kappa shape index (κ2) is 4.68. The summed E-state index contributed by atoms with van der Waals surface area (Å²) in [6.45, 7) is 0. The van der Waals surface area contributed by atoms with Gasteiger partial charge in [0.2, 0.25) is 0 Å². The first-order valence-corrected chi connectivity index (χ1v) is 7.06. The maximum atomic E-state index is 12.0. The van der Waals surface area contributed by atoms with Gasteiger partial charge in [-0.3, -0.25) is 4.79 Å². The number of hydrogen-bond donors (Lipinski definition) is 2. The zero-order valence-electron chi connectivity index (χ0n) is 11.2. The van der Waals surface area contributed by atoms with Gasteiger partial charge in [0, 0.05) is 25.0 Å². The molecule has 0 aliphatic carbocycles. The van der Waals surface area contributed by atoms with E-state index in [0.717, 1.165) is 11.1 Å². The number of rotatable bonds is 2. The minimum atomic E-state index is -0.276. The number of aromatic amines is 1. The van der Waals surface area contributed by atoms with E-state index in [1.807, 2.05) is 35.7 Å². The van der Waals surface area contributed by atoms with Crippen LogP contribution in [0.2, 0.25) is 0 Å². The summed E-state index contributed by atoms with van der Waals surface area (Å²) in [6.07, 6.45) is 0. The van der Waals surface area contributed by atoms with Crippen molar-refractivity contribution in [2.24, 2.45) is 0 Å². The van der Waals surface area contributed by atoms with Crippen LogP contribution in [0.3, 0.4) is 0 Å². The van der Waals surface area contributed by atoms with Crippen LogP contribution in [0.15, 0.2) is 40.5 Å². The third-order valence-corrected chi connectivity index (χ3v) is 4.12. The number of nitrogens with zero attached hydrogens (tertiary/aromatic N) is 1. The van der Waals surface area contributed by atoms with Crippen molar-refractivity contribution in [2.75, 3.05) is 19.0 Å². The summed E-state index contributed by atoms with van der Waals surface area (Å²) in [7, 11) is 3.48. The molecule has 2 N–H and O–H groups in total. The predicted molar refractivity (Wildman–Crippen MR) is 83.9 cm³/mol. The third kappa shape index (κ3) is 1.87. The Balaban J connectivity index is 2.37. The lowest BCUT2D eigenvalue weighted by Crippen LogP contribution is -2.20. The molecule has 3 aromatic rings. The monoisotopic (exact) mass is 286 g/mol. The van der Waals surface area contributed by atoms with Crippen molar-refractivity contribution in [1.82, 2.24) is 4.98 Å². The third-order valence-electron chi connectivity index (χ3n) is 3.23. The number of pyridine rings is 1. The normalized spacial score (nSPS) is 10.9. The van der Waals surface area contributed by atoms with Crippen LogP contribution < -0.4 is 10.5 Å². The fourth-order valence-electron chi connectivity index (χ4n) is 2.32. The molecule has 0 unspecified atom stereocenters. The molecule has 5 heteroatoms. The zero-order chi connectivity index (χ0) is 14.3. The van der Waals surface area contributed by atoms with Crippen LogP contribution in [-0.2, 0) is 0 Å². The Morgan fingerprint density at radius 1 is 1.20 bits per heavy atom. The van der Waals surface area contributed by atoms with E-state index in [0.29, 0.717) is 10.2 Å². The van der Waals surface area contributed by atoms with Crippen LogP contribution in [0.4, 0.5) is 5.69 Å². The highest BCUT2D eigenvalue weighted by molar-refractivity contribution is 7.17. The first kappa shape index (κ1) is 12.7. The molecule has 2 aromatic heterocycles. The van der Waals surface area contributed by atoms with Gasteiger partial charge in [-0.05, 0) is 5.56 Å². The Morgan fingerprint density at radius 2 is 1.90 bits per heavy atom. The first-order valence-electron chi connectivity index (χ1n) is 6.18. The van der Waals surface area contributed by atoms with Gasteiger partial charge in [-0.15, -0.1) is 11.3 Å². The maximum Gasteiger partial charge on any atom is 0.276 e. The fourth-order valence-corrected chi connectivity index (χ4v) is 3.28. The van der Waals surface area contributed by atoms with Gasteiger partial charge in [-0.2, -0.15) is 0 Å². The van der Waals surface area contributed by atoms with Gasteiger partial charge in [0.15, 0.2) is 5.75 Å². The number of fused-ring (bicyclic) bond motifs is 1. The summed E-state index contributed by atoms with van der Waals surface area (Å²) in [5.41, 5.74) is 1.96. The first-order chi connectivity index (χ1) is 9.59. The molecule has 0 aliphatic rings. The lowest BCUT2D eigenvalue weighted by molar-refractivity contribution is 0.481. The maximum absolute atomic E-state index is 12.0. The van der Waals surface area contributed by atoms with E-state index in [4.69, 9.17) is 0 Å². The van der Waals surface area contributed by atoms with E-state index < -0.39 is 0 Å². The van der Waals surface area contributed by atoms with E-state index >= 15 is 0 Å². The van der Waals surface area contributed by atoms with Gasteiger partial charge >= 0.3 is 0 Å². The topological polar surface area (TPSA) is 56.3 Å². The summed E-state index contributed by atoms with van der Waals surface area (Å²) in [5, 5.41) is 13.1. The minimum Gasteiger partial charge on any atom is -0.505 e. The zero-order valence-corrected chi connectivity index (χ0v) is 12.0. The van der Waals surface area contributed by atoms with E-state index in [-0.39, 0.29) is 17.0 Å². The Labute approximate surface area is 119 Å². The number of H-pyrrole nitrogens is 1. The molecule has 20 heavy (non-hydrogen) atoms. The minimum absolute atomic E-state index is 0.0360. The molecule has 0 spiro atoms. The molecule has 0 fully saturated rings. The molecular formula is C15H14N2O2S. The van der Waals surface area contributed by atoms with Gasteiger partial charge < -0.3 is 15.0 Å². The van der Waals surface area contributed by atoms with Crippen LogP contribution in [0.1, 0.15) is 0 Å². The van der Waals surface area contributed by atoms with Crippen molar-refractivity contribution in [3.05, 3.63) is 46.1 Å². The van der Waals surface area contributed by atoms with Crippen LogP contribution in [0.5, 0.6) is 5.75 Å². The molecule has 0 amide bonds. The lowest BCUT2D eigenvalue weighted by atomic mass is 10.1. The Bertz CT molecular complexity index is 819. The fraction of sp³-hybridized carbons (Fsp3) is 0.133. The second-order valence-corrected chi connectivity index (χ2v) is 5.64. The summed E-state index contributed by atoms with van der Waals surface area (Å²) in [6, 6.07) is 9.83. The number of aromatic nitrogens is 1. The molecule has 0 aliphatic heterocycles. The molecule has 0 bridgehead atoms. The smallest absolute Gasteiger partial charge is 0.276 e. The second-order valence-electron chi connectivity index (χ2n) is 4.77. The lowest BCUT2D eigenvalue weighted by Gasteiger charge is -2.14. The van der Waals surface area contributed by atoms with E-state index in [9.17, 15) is 9.90 Å². The van der Waals surface area contributed by atoms with Crippen LogP contribution in [-0.4, -0.2) is 24.2 Å². The Kier molecular flexibility index (Phi) is 2.99. The van der Waals surface area contributed by atoms with Crippen LogP contribution >= 0.6 is 11.3 Å². The molecule has 102 valence electrons. The molecule has 1 aromatic carbocycles. The van der Waals surface area contributed by atoms with E-state index in [2.05, 4.69) is 4.98 Å². The van der Waals surface area contributed by atoms with E-state index in [1.54, 1.807) is 19.0 Å². The van der Waals surface area contributed by atoms with Crippen LogP contribution in [0.25, 0.3) is 21.3 Å². The average Bonchev–Trinajstić information content (AvgIpc) is 2.83. The van der Waals surface area contributed by atoms with Gasteiger partial charge in [0.25, 0.3) is 5.56 Å². The number of nitrogens with one attached hydrogen (secondary N) is 1. The van der Waals surface area contributed by atoms with Gasteiger partial charge in [-0.1, -0.05) is 30.3 Å². The van der Waals surface area contributed by atoms with Gasteiger partial charge in [0.05, 0.1) is 5.39 Å². The van der Waals surface area contributed by atoms with Gasteiger partial charge in [0.1, 0.15) is 10.5 Å². The quantitative estimate of drug-likeness (QED) is 0.761. The van der Waals surface area contributed by atoms with Crippen molar-refractivity contribution >= 4 is 27.2 Å². The molecule has 0 saturated carbocycles. The Morgan fingerprint density at radius 3 is 2.55 bits per heavy atom. The number of aromatic hydroxyl groups is 1. The van der Waals surface area contributed by atoms with Crippen molar-refractivity contribution in [2.45, 2.75) is 0 Å². The van der Waals surface area contributed by atoms with E-state index in [1.165, 1.54) is 11.3 Å². The highest BCUT2D eigenvalue weighted by Gasteiger charge is 2.18. The molecular weight excluding hydrogens is 272 g/mol. The van der Waals surface area contributed by atoms with Crippen molar-refractivity contribution in [3.63, 3.8) is 0 Å². The molecule has 0 atom stereocenters. The van der Waals surface area contributed by atoms with Crippen molar-refractivity contribution in [1.29, 1.82) is 0 Å². The molecule has 4 nitrogen and oxygen atoms in total. The highest BCUT2D eigenvalue weighted by Crippen LogP contribution is 2.40. The number of thiophene rings is 1. The van der Waals surface area contributed by atoms with Crippen molar-refractivity contribution in [3.8, 4) is 16.9 Å². The summed E-state index contributed by atoms with van der Waals surface area (Å²) in [4.78, 5) is 17.1. The van der Waals surface area contributed by atoms with Crippen molar-refractivity contribution < 1.29 is 5.11 Å². The van der Waals surface area contributed by atoms with Gasteiger partial charge in [-0.25, -0.2) is 0 Å². The summed E-state index contributed by atoms with van der Waals surface area (Å²) >= 11 is 1.42. The highest BCUT2D eigenvalue weighted by atomic mass is 32.1. The average molecular weight is 286 g/mol. The number of anilines is 1. The number of benzene rings is 1. The molecule has 2 heterocycles. The molecule has 0 radical (unpaired) electrons. The number of hydrogen-bond acceptors (Lipinski definition) is 4. The summed E-state index contributed by atoms with van der Waals surface area (Å²) in [5.74, 6) is 0.0360. The standard InChI is InChI=1S/C15H14N2O2S/c1-17(2)12-13(18)11-10(9-6-4-3-5-7-9)8-20-15(11)16-14(12)19/h3-8H,1-2H3,(H2,16,18,19). The van der Waals surface area contributed by atoms with Crippen LogP contribution in [0, 0.1) is 0 Å². The largest absolute Gasteiger partial charge is 0.505 e. The summed E-state index contributed by atoms with van der Waals surface area (Å²) < 4.78 is 0.